The molecule has 164 valence electrons. The monoisotopic (exact) mass is 484 g/mol. The molecule has 0 amide bonds. The Morgan fingerprint density at radius 3 is 1.47 bits per heavy atom. The lowest BCUT2D eigenvalue weighted by Crippen LogP contribution is -2.16. The smallest absolute Gasteiger partial charge is 0.232 e. The number of hydrogen-bond donors (Lipinski definition) is 2. The third-order valence-corrected chi connectivity index (χ3v) is 7.57. The minimum atomic E-state index is -0.332. The summed E-state index contributed by atoms with van der Waals surface area (Å²) >= 11 is 2.25. The van der Waals surface area contributed by atoms with Gasteiger partial charge in [0.25, 0.3) is 0 Å². The van der Waals surface area contributed by atoms with Crippen LogP contribution in [0.1, 0.15) is 0 Å². The highest BCUT2D eigenvalue weighted by atomic mass is 32.1. The molecule has 0 aliphatic rings. The highest BCUT2D eigenvalue weighted by Crippen LogP contribution is 2.25. The van der Waals surface area contributed by atoms with Crippen LogP contribution in [0.2, 0.25) is 0 Å². The molecule has 0 radical (unpaired) electrons. The zero-order valence-corrected chi connectivity index (χ0v) is 18.7. The summed E-state index contributed by atoms with van der Waals surface area (Å²) in [5.41, 5.74) is 1.43. The predicted molar refractivity (Wildman–Crippen MR) is 131 cm³/mol. The molecule has 7 aromatic rings. The van der Waals surface area contributed by atoms with E-state index in [0.29, 0.717) is 21.6 Å². The molecule has 0 saturated heterocycles. The van der Waals surface area contributed by atoms with E-state index in [9.17, 15) is 9.59 Å². The van der Waals surface area contributed by atoms with Crippen LogP contribution in [0.5, 0.6) is 0 Å². The summed E-state index contributed by atoms with van der Waals surface area (Å²) < 4.78 is 3.83. The van der Waals surface area contributed by atoms with Crippen molar-refractivity contribution in [3.05, 3.63) is 81.1 Å². The fourth-order valence-corrected chi connectivity index (χ4v) is 5.80. The fraction of sp³-hybridized carbons (Fsp3) is 0. The van der Waals surface area contributed by atoms with Gasteiger partial charge in [0, 0.05) is 11.1 Å². The first-order chi connectivity index (χ1) is 16.7. The normalized spacial score (nSPS) is 11.8. The molecule has 0 atom stereocenters. The maximum atomic E-state index is 13.6. The van der Waals surface area contributed by atoms with E-state index >= 15 is 0 Å². The van der Waals surface area contributed by atoms with Crippen molar-refractivity contribution < 1.29 is 0 Å². The van der Waals surface area contributed by atoms with Gasteiger partial charge in [-0.3, -0.25) is 19.8 Å². The molecule has 7 rings (SSSR count). The molecule has 4 heterocycles. The molecule has 0 bridgehead atoms. The summed E-state index contributed by atoms with van der Waals surface area (Å²) in [6, 6.07) is 19.0. The third-order valence-electron chi connectivity index (χ3n) is 5.49. The van der Waals surface area contributed by atoms with E-state index in [0.717, 1.165) is 33.8 Å². The van der Waals surface area contributed by atoms with Crippen LogP contribution in [0, 0.1) is 0 Å². The molecule has 3 aromatic carbocycles. The Morgan fingerprint density at radius 1 is 0.588 bits per heavy atom. The highest BCUT2D eigenvalue weighted by Gasteiger charge is 2.19. The molecule has 2 N–H and O–H groups in total. The molecule has 4 aromatic heterocycles. The molecule has 10 nitrogen and oxygen atoms in total. The van der Waals surface area contributed by atoms with Crippen LogP contribution in [0.3, 0.4) is 0 Å². The first kappa shape index (κ1) is 19.1. The number of benzene rings is 3. The van der Waals surface area contributed by atoms with E-state index in [1.807, 2.05) is 60.7 Å². The quantitative estimate of drug-likeness (QED) is 0.362. The zero-order valence-electron chi connectivity index (χ0n) is 17.1. The molecule has 0 saturated carbocycles. The van der Waals surface area contributed by atoms with Crippen LogP contribution in [-0.4, -0.2) is 39.6 Å². The average molecular weight is 485 g/mol. The summed E-state index contributed by atoms with van der Waals surface area (Å²) in [6.07, 6.45) is 0. The first-order valence-electron chi connectivity index (χ1n) is 10.2. The number of aromatic amines is 2. The molecular formula is C22H12N8O2S2. The Labute approximate surface area is 196 Å². The van der Waals surface area contributed by atoms with Gasteiger partial charge in [-0.1, -0.05) is 83.3 Å². The Bertz CT molecular complexity index is 1870. The second kappa shape index (κ2) is 7.04. The van der Waals surface area contributed by atoms with Crippen LogP contribution in [0.25, 0.3) is 53.1 Å². The van der Waals surface area contributed by atoms with Crippen LogP contribution in [0.15, 0.2) is 70.3 Å². The van der Waals surface area contributed by atoms with Crippen LogP contribution in [-0.2, 0) is 0 Å². The van der Waals surface area contributed by atoms with Gasteiger partial charge in [-0.05, 0) is 0 Å². The minimum Gasteiger partial charge on any atom is -0.287 e. The molecule has 0 unspecified atom stereocenters. The SMILES string of the molecule is O=c1c2[nH]n3c(-c4ccccc4)nnc3sc2c(=O)c2sc3nnc(-c4ccccc4)n3[nH]c12. The molecule has 0 fully saturated rings. The fourth-order valence-electron chi connectivity index (χ4n) is 3.89. The molecule has 0 aliphatic carbocycles. The van der Waals surface area contributed by atoms with E-state index in [2.05, 4.69) is 30.6 Å². The summed E-state index contributed by atoms with van der Waals surface area (Å²) in [5.74, 6) is 1.10. The molecular weight excluding hydrogens is 472 g/mol. The van der Waals surface area contributed by atoms with Crippen molar-refractivity contribution in [1.82, 2.24) is 39.6 Å². The van der Waals surface area contributed by atoms with E-state index in [-0.39, 0.29) is 31.3 Å². The standard InChI is InChI=1S/C22H12N8O2S2/c31-15-13-17(33-21-25-23-19(29(21)27-13)11-7-3-1-4-8-11)16(32)18-14(15)28-30-20(24-26-22(30)34-18)12-9-5-2-6-10-12/h1-10,27-28H. The number of hydrogen-bond acceptors (Lipinski definition) is 8. The molecule has 0 spiro atoms. The lowest BCUT2D eigenvalue weighted by molar-refractivity contribution is 0.963. The summed E-state index contributed by atoms with van der Waals surface area (Å²) in [6.45, 7) is 0. The van der Waals surface area contributed by atoms with Crippen molar-refractivity contribution in [3.63, 3.8) is 0 Å². The van der Waals surface area contributed by atoms with Crippen molar-refractivity contribution in [1.29, 1.82) is 0 Å². The lowest BCUT2D eigenvalue weighted by atomic mass is 10.2. The maximum Gasteiger partial charge on any atom is 0.232 e. The van der Waals surface area contributed by atoms with Crippen molar-refractivity contribution >= 4 is 53.0 Å². The summed E-state index contributed by atoms with van der Waals surface area (Å²) in [5, 5.41) is 23.1. The Hall–Kier alpha value is -4.42. The van der Waals surface area contributed by atoms with E-state index in [4.69, 9.17) is 0 Å². The van der Waals surface area contributed by atoms with Crippen LogP contribution >= 0.6 is 22.7 Å². The second-order valence-corrected chi connectivity index (χ2v) is 9.46. The number of H-pyrrole nitrogens is 2. The van der Waals surface area contributed by atoms with E-state index < -0.39 is 0 Å². The topological polar surface area (TPSA) is 126 Å². The van der Waals surface area contributed by atoms with E-state index in [1.165, 1.54) is 0 Å². The average Bonchev–Trinajstić information content (AvgIpc) is 3.50. The third kappa shape index (κ3) is 2.66. The van der Waals surface area contributed by atoms with Gasteiger partial charge in [0.05, 0.1) is 0 Å². The lowest BCUT2D eigenvalue weighted by Gasteiger charge is -2.05. The maximum absolute atomic E-state index is 13.6. The molecule has 0 aliphatic heterocycles. The van der Waals surface area contributed by atoms with Gasteiger partial charge in [-0.25, -0.2) is 9.03 Å². The van der Waals surface area contributed by atoms with Crippen molar-refractivity contribution in [3.8, 4) is 22.8 Å². The van der Waals surface area contributed by atoms with Crippen molar-refractivity contribution in [2.45, 2.75) is 0 Å². The van der Waals surface area contributed by atoms with Gasteiger partial charge < -0.3 is 0 Å². The zero-order chi connectivity index (χ0) is 22.8. The number of aromatic nitrogens is 8. The van der Waals surface area contributed by atoms with Gasteiger partial charge in [-0.2, -0.15) is 0 Å². The number of fused-ring (bicyclic) bond motifs is 4. The second-order valence-electron chi connectivity index (χ2n) is 7.51. The Morgan fingerprint density at radius 2 is 1.03 bits per heavy atom. The van der Waals surface area contributed by atoms with Crippen molar-refractivity contribution in [2.24, 2.45) is 0 Å². The van der Waals surface area contributed by atoms with Crippen LogP contribution < -0.4 is 10.9 Å². The van der Waals surface area contributed by atoms with Crippen LogP contribution in [0.4, 0.5) is 0 Å². The highest BCUT2D eigenvalue weighted by molar-refractivity contribution is 7.24. The largest absolute Gasteiger partial charge is 0.287 e. The summed E-state index contributed by atoms with van der Waals surface area (Å²) in [4.78, 5) is 27.9. The predicted octanol–water partition coefficient (Wildman–Crippen LogP) is 3.47. The minimum absolute atomic E-state index is 0.184. The van der Waals surface area contributed by atoms with Gasteiger partial charge in [0.2, 0.25) is 20.8 Å². The van der Waals surface area contributed by atoms with Gasteiger partial charge in [0.1, 0.15) is 20.4 Å². The number of nitrogens with zero attached hydrogens (tertiary/aromatic N) is 6. The molecule has 34 heavy (non-hydrogen) atoms. The van der Waals surface area contributed by atoms with Gasteiger partial charge >= 0.3 is 0 Å². The number of nitrogens with one attached hydrogen (secondary N) is 2. The molecule has 12 heteroatoms. The Kier molecular flexibility index (Phi) is 3.95. The van der Waals surface area contributed by atoms with Gasteiger partial charge in [0.15, 0.2) is 11.6 Å². The summed E-state index contributed by atoms with van der Waals surface area (Å²) in [7, 11) is 0. The van der Waals surface area contributed by atoms with E-state index in [1.54, 1.807) is 9.03 Å². The number of rotatable bonds is 2. The first-order valence-corrected chi connectivity index (χ1v) is 11.8. The Balaban J connectivity index is 1.56. The van der Waals surface area contributed by atoms with Gasteiger partial charge in [-0.15, -0.1) is 20.4 Å². The van der Waals surface area contributed by atoms with Crippen molar-refractivity contribution in [2.75, 3.05) is 0 Å².